The topological polar surface area (TPSA) is 29.1 Å². The molecule has 1 amide bonds. The number of alkyl halides is 1. The smallest absolute Gasteiger partial charge is 0.251 e. The predicted octanol–water partition coefficient (Wildman–Crippen LogP) is 4.36. The Morgan fingerprint density at radius 2 is 2.05 bits per heavy atom. The monoisotopic (exact) mass is 361 g/mol. The van der Waals surface area contributed by atoms with Crippen LogP contribution >= 0.6 is 27.5 Å². The van der Waals surface area contributed by atoms with Crippen LogP contribution < -0.4 is 5.32 Å². The average molecular weight is 363 g/mol. The van der Waals surface area contributed by atoms with Gasteiger partial charge in [-0.1, -0.05) is 12.8 Å². The number of carbonyl (C=O) groups is 1. The molecular weight excluding hydrogens is 345 g/mol. The zero-order valence-corrected chi connectivity index (χ0v) is 13.5. The summed E-state index contributed by atoms with van der Waals surface area (Å²) in [7, 11) is 0. The van der Waals surface area contributed by atoms with Crippen LogP contribution in [0.2, 0.25) is 0 Å². The van der Waals surface area contributed by atoms with Gasteiger partial charge in [-0.3, -0.25) is 4.79 Å². The second-order valence-electron chi connectivity index (χ2n) is 5.30. The Hall–Kier alpha value is -0.610. The lowest BCUT2D eigenvalue weighted by Crippen LogP contribution is -2.34. The zero-order valence-electron chi connectivity index (χ0n) is 11.2. The molecule has 1 N–H and O–H groups in total. The average Bonchev–Trinajstić information content (AvgIpc) is 2.47. The maximum Gasteiger partial charge on any atom is 0.251 e. The first-order chi connectivity index (χ1) is 9.61. The van der Waals surface area contributed by atoms with E-state index in [9.17, 15) is 9.18 Å². The molecule has 0 aliphatic heterocycles. The molecule has 0 aromatic heterocycles. The number of rotatable bonds is 4. The minimum absolute atomic E-state index is 0.162. The van der Waals surface area contributed by atoms with E-state index >= 15 is 0 Å². The van der Waals surface area contributed by atoms with E-state index in [2.05, 4.69) is 21.2 Å². The molecule has 2 rings (SSSR count). The molecule has 110 valence electrons. The normalized spacial score (nSPS) is 22.6. The van der Waals surface area contributed by atoms with Gasteiger partial charge in [0.2, 0.25) is 0 Å². The van der Waals surface area contributed by atoms with Crippen LogP contribution in [0.4, 0.5) is 4.39 Å². The number of nitrogens with one attached hydrogen (secondary N) is 1. The van der Waals surface area contributed by atoms with Gasteiger partial charge in [0.25, 0.3) is 5.91 Å². The molecular formula is C15H18BrClFNO. The quantitative estimate of drug-likeness (QED) is 0.792. The van der Waals surface area contributed by atoms with Crippen LogP contribution in [0, 0.1) is 17.7 Å². The number of hydrogen-bond donors (Lipinski definition) is 1. The molecule has 1 fully saturated rings. The first kappa shape index (κ1) is 15.8. The van der Waals surface area contributed by atoms with E-state index in [0.29, 0.717) is 34.3 Å². The minimum atomic E-state index is -0.365. The Morgan fingerprint density at radius 3 is 2.70 bits per heavy atom. The third-order valence-corrected chi connectivity index (χ3v) is 4.98. The molecule has 0 radical (unpaired) electrons. The lowest BCUT2D eigenvalue weighted by Gasteiger charge is -2.30. The van der Waals surface area contributed by atoms with Crippen LogP contribution in [0.3, 0.4) is 0 Å². The molecule has 0 heterocycles. The SMILES string of the molecule is O=C(NCC1CCCCC1CCl)c1ccc(F)c(Br)c1. The first-order valence-corrected chi connectivity index (χ1v) is 8.23. The molecule has 2 unspecified atom stereocenters. The highest BCUT2D eigenvalue weighted by atomic mass is 79.9. The van der Waals surface area contributed by atoms with Crippen molar-refractivity contribution in [1.29, 1.82) is 0 Å². The molecule has 1 aromatic carbocycles. The molecule has 0 bridgehead atoms. The third kappa shape index (κ3) is 3.95. The summed E-state index contributed by atoms with van der Waals surface area (Å²) in [5, 5.41) is 2.94. The number of benzene rings is 1. The third-order valence-electron chi connectivity index (χ3n) is 3.97. The summed E-state index contributed by atoms with van der Waals surface area (Å²) in [6, 6.07) is 4.29. The van der Waals surface area contributed by atoms with E-state index in [1.54, 1.807) is 0 Å². The summed E-state index contributed by atoms with van der Waals surface area (Å²) >= 11 is 9.08. The molecule has 2 nitrogen and oxygen atoms in total. The van der Waals surface area contributed by atoms with Crippen LogP contribution in [-0.4, -0.2) is 18.3 Å². The lowest BCUT2D eigenvalue weighted by atomic mass is 9.80. The fourth-order valence-electron chi connectivity index (χ4n) is 2.72. The van der Waals surface area contributed by atoms with Crippen molar-refractivity contribution in [3.05, 3.63) is 34.1 Å². The maximum atomic E-state index is 13.1. The Kier molecular flexibility index (Phi) is 5.85. The lowest BCUT2D eigenvalue weighted by molar-refractivity contribution is 0.0936. The largest absolute Gasteiger partial charge is 0.352 e. The minimum Gasteiger partial charge on any atom is -0.352 e. The molecule has 1 aromatic rings. The highest BCUT2D eigenvalue weighted by molar-refractivity contribution is 9.10. The number of halogens is 3. The standard InChI is InChI=1S/C15H18BrClFNO/c16-13-7-10(5-6-14(13)18)15(20)19-9-12-4-2-1-3-11(12)8-17/h5-7,11-12H,1-4,8-9H2,(H,19,20). The van der Waals surface area contributed by atoms with Crippen molar-refractivity contribution in [2.45, 2.75) is 25.7 Å². The predicted molar refractivity (Wildman–Crippen MR) is 82.6 cm³/mol. The van der Waals surface area contributed by atoms with Crippen molar-refractivity contribution in [1.82, 2.24) is 5.32 Å². The summed E-state index contributed by atoms with van der Waals surface area (Å²) < 4.78 is 13.4. The van der Waals surface area contributed by atoms with E-state index < -0.39 is 0 Å². The van der Waals surface area contributed by atoms with Gasteiger partial charge >= 0.3 is 0 Å². The molecule has 0 spiro atoms. The second kappa shape index (κ2) is 7.41. The maximum absolute atomic E-state index is 13.1. The molecule has 1 aliphatic rings. The van der Waals surface area contributed by atoms with Crippen LogP contribution in [0.25, 0.3) is 0 Å². The highest BCUT2D eigenvalue weighted by Gasteiger charge is 2.24. The van der Waals surface area contributed by atoms with E-state index in [1.165, 1.54) is 31.0 Å². The van der Waals surface area contributed by atoms with Gasteiger partial charge in [0, 0.05) is 18.0 Å². The van der Waals surface area contributed by atoms with Gasteiger partial charge in [0.15, 0.2) is 0 Å². The Labute approximate surface area is 132 Å². The Balaban J connectivity index is 1.92. The van der Waals surface area contributed by atoms with E-state index in [4.69, 9.17) is 11.6 Å². The van der Waals surface area contributed by atoms with E-state index in [-0.39, 0.29) is 11.7 Å². The van der Waals surface area contributed by atoms with Gasteiger partial charge in [0.1, 0.15) is 5.82 Å². The van der Waals surface area contributed by atoms with Crippen molar-refractivity contribution in [2.24, 2.45) is 11.8 Å². The summed E-state index contributed by atoms with van der Waals surface area (Å²) in [6.07, 6.45) is 4.69. The van der Waals surface area contributed by atoms with Crippen molar-refractivity contribution < 1.29 is 9.18 Å². The van der Waals surface area contributed by atoms with Crippen LogP contribution in [0.15, 0.2) is 22.7 Å². The van der Waals surface area contributed by atoms with E-state index in [1.807, 2.05) is 0 Å². The van der Waals surface area contributed by atoms with Crippen LogP contribution in [0.1, 0.15) is 36.0 Å². The summed E-state index contributed by atoms with van der Waals surface area (Å²) in [4.78, 5) is 12.1. The fourth-order valence-corrected chi connectivity index (χ4v) is 3.50. The van der Waals surface area contributed by atoms with Gasteiger partial charge in [0.05, 0.1) is 4.47 Å². The van der Waals surface area contributed by atoms with Crippen molar-refractivity contribution in [2.75, 3.05) is 12.4 Å². The molecule has 1 saturated carbocycles. The molecule has 0 saturated heterocycles. The Bertz CT molecular complexity index is 483. The zero-order chi connectivity index (χ0) is 14.5. The molecule has 20 heavy (non-hydrogen) atoms. The van der Waals surface area contributed by atoms with Gasteiger partial charge in [-0.25, -0.2) is 4.39 Å². The van der Waals surface area contributed by atoms with Gasteiger partial charge in [-0.2, -0.15) is 0 Å². The Morgan fingerprint density at radius 1 is 1.35 bits per heavy atom. The van der Waals surface area contributed by atoms with Crippen molar-refractivity contribution in [3.8, 4) is 0 Å². The number of hydrogen-bond acceptors (Lipinski definition) is 1. The summed E-state index contributed by atoms with van der Waals surface area (Å²) in [6.45, 7) is 0.644. The molecule has 2 atom stereocenters. The highest BCUT2D eigenvalue weighted by Crippen LogP contribution is 2.30. The van der Waals surface area contributed by atoms with Crippen LogP contribution in [0.5, 0.6) is 0 Å². The van der Waals surface area contributed by atoms with Crippen LogP contribution in [-0.2, 0) is 0 Å². The first-order valence-electron chi connectivity index (χ1n) is 6.91. The van der Waals surface area contributed by atoms with Gasteiger partial charge in [-0.05, 0) is 58.8 Å². The second-order valence-corrected chi connectivity index (χ2v) is 6.46. The fraction of sp³-hybridized carbons (Fsp3) is 0.533. The summed E-state index contributed by atoms with van der Waals surface area (Å²) in [5.41, 5.74) is 0.469. The van der Waals surface area contributed by atoms with Crippen molar-refractivity contribution in [3.63, 3.8) is 0 Å². The molecule has 1 aliphatic carbocycles. The summed E-state index contributed by atoms with van der Waals surface area (Å²) in [5.74, 6) is 1.07. The number of amides is 1. The molecule has 5 heteroatoms. The number of carbonyl (C=O) groups excluding carboxylic acids is 1. The van der Waals surface area contributed by atoms with Crippen molar-refractivity contribution >= 4 is 33.4 Å². The van der Waals surface area contributed by atoms with Gasteiger partial charge in [-0.15, -0.1) is 11.6 Å². The van der Waals surface area contributed by atoms with Gasteiger partial charge < -0.3 is 5.32 Å². The van der Waals surface area contributed by atoms with E-state index in [0.717, 1.165) is 12.8 Å².